The van der Waals surface area contributed by atoms with E-state index in [1.165, 1.54) is 11.8 Å². The number of hydrogen-bond donors (Lipinski definition) is 0. The van der Waals surface area contributed by atoms with Crippen LogP contribution in [-0.2, 0) is 9.53 Å². The molecule has 0 saturated heterocycles. The quantitative estimate of drug-likeness (QED) is 0.511. The van der Waals surface area contributed by atoms with Crippen molar-refractivity contribution in [1.82, 2.24) is 4.90 Å². The van der Waals surface area contributed by atoms with Gasteiger partial charge in [0.25, 0.3) is 0 Å². The summed E-state index contributed by atoms with van der Waals surface area (Å²) in [6, 6.07) is 0. The summed E-state index contributed by atoms with van der Waals surface area (Å²) >= 11 is 6.28. The van der Waals surface area contributed by atoms with Gasteiger partial charge in [-0.05, 0) is 6.92 Å². The van der Waals surface area contributed by atoms with Crippen LogP contribution in [0, 0.1) is 0 Å². The normalized spacial score (nSPS) is 9.25. The van der Waals surface area contributed by atoms with E-state index >= 15 is 0 Å². The van der Waals surface area contributed by atoms with Crippen LogP contribution in [0.2, 0.25) is 0 Å². The summed E-state index contributed by atoms with van der Waals surface area (Å²) in [6.45, 7) is 2.21. The average Bonchev–Trinajstić information content (AvgIpc) is 2.00. The van der Waals surface area contributed by atoms with Gasteiger partial charge in [-0.2, -0.15) is 0 Å². The number of carbonyl (C=O) groups excluding carboxylic acids is 1. The molecule has 0 amide bonds. The van der Waals surface area contributed by atoms with Crippen molar-refractivity contribution in [3.05, 3.63) is 0 Å². The van der Waals surface area contributed by atoms with E-state index < -0.39 is 0 Å². The van der Waals surface area contributed by atoms with E-state index in [0.717, 1.165) is 0 Å². The van der Waals surface area contributed by atoms with E-state index in [9.17, 15) is 4.79 Å². The maximum Gasteiger partial charge on any atom is 0.316 e. The second-order valence-electron chi connectivity index (χ2n) is 2.25. The SMILES string of the molecule is CCOC(=O)CSC(=S)N(C)C. The molecule has 0 bridgehead atoms. The van der Waals surface area contributed by atoms with Crippen LogP contribution in [-0.4, -0.2) is 41.6 Å². The summed E-state index contributed by atoms with van der Waals surface area (Å²) in [4.78, 5) is 12.6. The zero-order valence-electron chi connectivity index (χ0n) is 7.49. The molecule has 3 nitrogen and oxygen atoms in total. The van der Waals surface area contributed by atoms with Gasteiger partial charge < -0.3 is 9.64 Å². The summed E-state index contributed by atoms with van der Waals surface area (Å²) in [6.07, 6.45) is 0. The molecule has 0 aromatic rings. The van der Waals surface area contributed by atoms with Crippen LogP contribution in [0.15, 0.2) is 0 Å². The van der Waals surface area contributed by atoms with Crippen molar-refractivity contribution >= 4 is 34.3 Å². The van der Waals surface area contributed by atoms with Crippen LogP contribution in [0.1, 0.15) is 6.92 Å². The van der Waals surface area contributed by atoms with Crippen molar-refractivity contribution in [2.24, 2.45) is 0 Å². The minimum Gasteiger partial charge on any atom is -0.465 e. The molecular formula is C7H13NO2S2. The molecule has 0 atom stereocenters. The van der Waals surface area contributed by atoms with Gasteiger partial charge in [-0.1, -0.05) is 24.0 Å². The Kier molecular flexibility index (Phi) is 6.10. The maximum absolute atomic E-state index is 10.8. The van der Waals surface area contributed by atoms with Gasteiger partial charge in [0.15, 0.2) is 0 Å². The monoisotopic (exact) mass is 207 g/mol. The highest BCUT2D eigenvalue weighted by molar-refractivity contribution is 8.23. The molecule has 0 rings (SSSR count). The van der Waals surface area contributed by atoms with E-state index in [0.29, 0.717) is 16.7 Å². The lowest BCUT2D eigenvalue weighted by atomic mass is 10.8. The lowest BCUT2D eigenvalue weighted by molar-refractivity contribution is -0.139. The van der Waals surface area contributed by atoms with E-state index in [2.05, 4.69) is 0 Å². The first-order valence-corrected chi connectivity index (χ1v) is 4.97. The number of thiocarbonyl (C=S) groups is 1. The topological polar surface area (TPSA) is 29.5 Å². The largest absolute Gasteiger partial charge is 0.465 e. The molecule has 0 aromatic heterocycles. The van der Waals surface area contributed by atoms with Crippen molar-refractivity contribution in [3.8, 4) is 0 Å². The third-order valence-electron chi connectivity index (χ3n) is 0.984. The molecule has 12 heavy (non-hydrogen) atoms. The van der Waals surface area contributed by atoms with Crippen molar-refractivity contribution < 1.29 is 9.53 Å². The summed E-state index contributed by atoms with van der Waals surface area (Å²) in [5.41, 5.74) is 0. The first-order valence-electron chi connectivity index (χ1n) is 3.57. The lowest BCUT2D eigenvalue weighted by Gasteiger charge is -2.11. The van der Waals surface area contributed by atoms with Gasteiger partial charge in [-0.15, -0.1) is 0 Å². The summed E-state index contributed by atoms with van der Waals surface area (Å²) < 4.78 is 5.43. The Bertz CT molecular complexity index is 171. The number of esters is 1. The highest BCUT2D eigenvalue weighted by atomic mass is 32.2. The van der Waals surface area contributed by atoms with E-state index in [-0.39, 0.29) is 5.97 Å². The molecule has 0 aliphatic heterocycles. The van der Waals surface area contributed by atoms with E-state index in [4.69, 9.17) is 17.0 Å². The number of hydrogen-bond acceptors (Lipinski definition) is 4. The Balaban J connectivity index is 3.54. The van der Waals surface area contributed by atoms with Gasteiger partial charge in [0.05, 0.1) is 12.4 Å². The number of rotatable bonds is 3. The minimum atomic E-state index is -0.216. The van der Waals surface area contributed by atoms with Crippen molar-refractivity contribution in [1.29, 1.82) is 0 Å². The smallest absolute Gasteiger partial charge is 0.316 e. The third kappa shape index (κ3) is 5.37. The minimum absolute atomic E-state index is 0.216. The maximum atomic E-state index is 10.8. The second kappa shape index (κ2) is 6.25. The molecule has 0 aliphatic carbocycles. The second-order valence-corrected chi connectivity index (χ2v) is 3.86. The lowest BCUT2D eigenvalue weighted by Crippen LogP contribution is -2.18. The highest BCUT2D eigenvalue weighted by Crippen LogP contribution is 2.06. The number of carbonyl (C=O) groups is 1. The third-order valence-corrected chi connectivity index (χ3v) is 2.69. The molecule has 0 saturated carbocycles. The van der Waals surface area contributed by atoms with E-state index in [1.807, 2.05) is 14.1 Å². The molecule has 70 valence electrons. The first-order chi connectivity index (χ1) is 5.57. The van der Waals surface area contributed by atoms with E-state index in [1.54, 1.807) is 11.8 Å². The Hall–Kier alpha value is -0.290. The standard InChI is InChI=1S/C7H13NO2S2/c1-4-10-6(9)5-12-7(11)8(2)3/h4-5H2,1-3H3. The van der Waals surface area contributed by atoms with Gasteiger partial charge in [0, 0.05) is 14.1 Å². The molecule has 0 fully saturated rings. The summed E-state index contributed by atoms with van der Waals surface area (Å²) in [7, 11) is 3.70. The molecule has 0 spiro atoms. The summed E-state index contributed by atoms with van der Waals surface area (Å²) in [5.74, 6) is 0.0805. The zero-order valence-corrected chi connectivity index (χ0v) is 9.13. The number of ether oxygens (including phenoxy) is 1. The van der Waals surface area contributed by atoms with Crippen LogP contribution >= 0.6 is 24.0 Å². The van der Waals surface area contributed by atoms with Gasteiger partial charge in [0.2, 0.25) is 0 Å². The Morgan fingerprint density at radius 3 is 2.58 bits per heavy atom. The Morgan fingerprint density at radius 1 is 1.58 bits per heavy atom. The first kappa shape index (κ1) is 11.7. The van der Waals surface area contributed by atoms with Crippen LogP contribution < -0.4 is 0 Å². The fourth-order valence-corrected chi connectivity index (χ4v) is 1.21. The van der Waals surface area contributed by atoms with Crippen LogP contribution in [0.5, 0.6) is 0 Å². The van der Waals surface area contributed by atoms with Crippen molar-refractivity contribution in [3.63, 3.8) is 0 Å². The Morgan fingerprint density at radius 2 is 2.17 bits per heavy atom. The van der Waals surface area contributed by atoms with Crippen LogP contribution in [0.25, 0.3) is 0 Å². The molecule has 0 radical (unpaired) electrons. The van der Waals surface area contributed by atoms with Crippen LogP contribution in [0.3, 0.4) is 0 Å². The zero-order chi connectivity index (χ0) is 9.56. The molecule has 0 aromatic carbocycles. The highest BCUT2D eigenvalue weighted by Gasteiger charge is 2.05. The average molecular weight is 207 g/mol. The molecular weight excluding hydrogens is 194 g/mol. The number of nitrogens with zero attached hydrogens (tertiary/aromatic N) is 1. The predicted molar refractivity (Wildman–Crippen MR) is 55.4 cm³/mol. The van der Waals surface area contributed by atoms with Gasteiger partial charge >= 0.3 is 5.97 Å². The molecule has 0 aliphatic rings. The van der Waals surface area contributed by atoms with Gasteiger partial charge in [-0.3, -0.25) is 4.79 Å². The van der Waals surface area contributed by atoms with Crippen molar-refractivity contribution in [2.75, 3.05) is 26.5 Å². The Labute approximate surface area is 82.4 Å². The molecule has 5 heteroatoms. The number of thioether (sulfide) groups is 1. The fourth-order valence-electron chi connectivity index (χ4n) is 0.452. The van der Waals surface area contributed by atoms with Gasteiger partial charge in [0.1, 0.15) is 4.32 Å². The molecule has 0 unspecified atom stereocenters. The predicted octanol–water partition coefficient (Wildman–Crippen LogP) is 1.13. The van der Waals surface area contributed by atoms with Gasteiger partial charge in [-0.25, -0.2) is 0 Å². The van der Waals surface area contributed by atoms with Crippen molar-refractivity contribution in [2.45, 2.75) is 6.92 Å². The molecule has 0 heterocycles. The molecule has 0 N–H and O–H groups in total. The van der Waals surface area contributed by atoms with Crippen LogP contribution in [0.4, 0.5) is 0 Å². The summed E-state index contributed by atoms with van der Waals surface area (Å²) in [5, 5.41) is 0. The fraction of sp³-hybridized carbons (Fsp3) is 0.714.